The molecule has 0 aliphatic rings. The molecule has 0 fully saturated rings. The smallest absolute Gasteiger partial charge is 0.244 e. The first-order valence-electron chi connectivity index (χ1n) is 7.51. The number of carbonyl (C=O) groups excluding carboxylic acids is 2. The molecule has 0 saturated carbocycles. The molecule has 2 rings (SSSR count). The van der Waals surface area contributed by atoms with Gasteiger partial charge in [0.15, 0.2) is 0 Å². The van der Waals surface area contributed by atoms with Crippen LogP contribution < -0.4 is 10.1 Å². The fraction of sp³-hybridized carbons (Fsp3) is 0.222. The van der Waals surface area contributed by atoms with E-state index in [1.54, 1.807) is 43.4 Å². The molecule has 25 heavy (non-hydrogen) atoms. The third-order valence-electron chi connectivity index (χ3n) is 3.54. The predicted octanol–water partition coefficient (Wildman–Crippen LogP) is 3.64. The number of hydrogen-bond donors (Lipinski definition) is 1. The molecule has 2 aromatic carbocycles. The van der Waals surface area contributed by atoms with Gasteiger partial charge in [0.1, 0.15) is 5.75 Å². The zero-order valence-corrected chi connectivity index (χ0v) is 15.4. The number of ether oxygens (including phenoxy) is 1. The summed E-state index contributed by atoms with van der Waals surface area (Å²) in [5.41, 5.74) is 1.17. The van der Waals surface area contributed by atoms with E-state index in [9.17, 15) is 9.59 Å². The zero-order chi connectivity index (χ0) is 18.4. The lowest BCUT2D eigenvalue weighted by molar-refractivity contribution is -0.132. The summed E-state index contributed by atoms with van der Waals surface area (Å²) in [6.07, 6.45) is 0.129. The molecule has 0 atom stereocenters. The van der Waals surface area contributed by atoms with Gasteiger partial charge in [-0.05, 0) is 29.8 Å². The molecule has 132 valence electrons. The minimum Gasteiger partial charge on any atom is -0.495 e. The molecule has 0 radical (unpaired) electrons. The number of hydrogen-bond acceptors (Lipinski definition) is 3. The first-order valence-corrected chi connectivity index (χ1v) is 8.27. The average molecular weight is 381 g/mol. The van der Waals surface area contributed by atoms with Crippen LogP contribution in [0.15, 0.2) is 42.5 Å². The van der Waals surface area contributed by atoms with Crippen LogP contribution in [0.4, 0.5) is 5.69 Å². The number of rotatable bonds is 6. The third kappa shape index (κ3) is 5.37. The summed E-state index contributed by atoms with van der Waals surface area (Å²) in [7, 11) is 3.06. The van der Waals surface area contributed by atoms with Gasteiger partial charge in [-0.15, -0.1) is 0 Å². The molecule has 0 saturated heterocycles. The number of anilines is 1. The van der Waals surface area contributed by atoms with Crippen molar-refractivity contribution in [2.75, 3.05) is 26.0 Å². The van der Waals surface area contributed by atoms with Gasteiger partial charge in [-0.1, -0.05) is 41.4 Å². The van der Waals surface area contributed by atoms with Crippen LogP contribution in [0.25, 0.3) is 0 Å². The van der Waals surface area contributed by atoms with Crippen LogP contribution in [0, 0.1) is 0 Å². The Labute approximate surface area is 156 Å². The van der Waals surface area contributed by atoms with Crippen molar-refractivity contribution in [3.05, 3.63) is 58.1 Å². The van der Waals surface area contributed by atoms with Crippen molar-refractivity contribution in [3.8, 4) is 5.75 Å². The first kappa shape index (κ1) is 19.1. The van der Waals surface area contributed by atoms with Crippen molar-refractivity contribution in [2.24, 2.45) is 0 Å². The number of amides is 2. The minimum atomic E-state index is -0.351. The second-order valence-corrected chi connectivity index (χ2v) is 6.25. The van der Waals surface area contributed by atoms with Gasteiger partial charge >= 0.3 is 0 Å². The summed E-state index contributed by atoms with van der Waals surface area (Å²) in [5.74, 6) is -0.0697. The Hall–Kier alpha value is -2.24. The molecule has 0 aliphatic carbocycles. The number of halogens is 2. The van der Waals surface area contributed by atoms with Crippen LogP contribution >= 0.6 is 23.2 Å². The van der Waals surface area contributed by atoms with Gasteiger partial charge in [0, 0.05) is 17.1 Å². The highest BCUT2D eigenvalue weighted by Gasteiger charge is 2.16. The van der Waals surface area contributed by atoms with Gasteiger partial charge in [-0.25, -0.2) is 0 Å². The molecule has 0 unspecified atom stereocenters. The summed E-state index contributed by atoms with van der Waals surface area (Å²) in [4.78, 5) is 25.8. The fourth-order valence-electron chi connectivity index (χ4n) is 2.21. The fourth-order valence-corrected chi connectivity index (χ4v) is 2.59. The number of nitrogens with zero attached hydrogens (tertiary/aromatic N) is 1. The molecule has 7 heteroatoms. The highest BCUT2D eigenvalue weighted by atomic mass is 35.5. The first-order chi connectivity index (χ1) is 11.9. The van der Waals surface area contributed by atoms with Gasteiger partial charge in [0.05, 0.1) is 25.8 Å². The highest BCUT2D eigenvalue weighted by molar-refractivity contribution is 6.31. The maximum atomic E-state index is 12.3. The Kier molecular flexibility index (Phi) is 6.67. The second kappa shape index (κ2) is 8.74. The highest BCUT2D eigenvalue weighted by Crippen LogP contribution is 2.27. The van der Waals surface area contributed by atoms with E-state index in [4.69, 9.17) is 27.9 Å². The van der Waals surface area contributed by atoms with Gasteiger partial charge in [0.25, 0.3) is 0 Å². The van der Waals surface area contributed by atoms with Crippen molar-refractivity contribution >= 4 is 40.7 Å². The normalized spacial score (nSPS) is 10.2. The van der Waals surface area contributed by atoms with Crippen LogP contribution in [0.2, 0.25) is 10.0 Å². The third-order valence-corrected chi connectivity index (χ3v) is 4.15. The Balaban J connectivity index is 1.97. The van der Waals surface area contributed by atoms with Gasteiger partial charge in [-0.2, -0.15) is 0 Å². The van der Waals surface area contributed by atoms with Crippen LogP contribution in [0.5, 0.6) is 5.75 Å². The Morgan fingerprint density at radius 1 is 1.16 bits per heavy atom. The summed E-state index contributed by atoms with van der Waals surface area (Å²) < 4.78 is 5.18. The van der Waals surface area contributed by atoms with Crippen molar-refractivity contribution in [1.82, 2.24) is 4.90 Å². The van der Waals surface area contributed by atoms with Gasteiger partial charge < -0.3 is 15.0 Å². The number of methoxy groups -OCH3 is 1. The SMILES string of the molecule is COc1ccc(Cl)cc1NC(=O)CN(C)C(=O)Cc1ccccc1Cl. The van der Waals surface area contributed by atoms with E-state index in [1.165, 1.54) is 12.0 Å². The van der Waals surface area contributed by atoms with E-state index in [1.807, 2.05) is 6.07 Å². The average Bonchev–Trinajstić information content (AvgIpc) is 2.57. The lowest BCUT2D eigenvalue weighted by atomic mass is 10.1. The quantitative estimate of drug-likeness (QED) is 0.831. The van der Waals surface area contributed by atoms with Crippen molar-refractivity contribution in [1.29, 1.82) is 0 Å². The number of nitrogens with one attached hydrogen (secondary N) is 1. The molecular weight excluding hydrogens is 363 g/mol. The van der Waals surface area contributed by atoms with E-state index in [0.717, 1.165) is 5.56 Å². The number of benzene rings is 2. The summed E-state index contributed by atoms with van der Waals surface area (Å²) in [5, 5.41) is 3.69. The van der Waals surface area contributed by atoms with Gasteiger partial charge in [0.2, 0.25) is 11.8 Å². The van der Waals surface area contributed by atoms with Crippen LogP contribution in [-0.4, -0.2) is 37.4 Å². The van der Waals surface area contributed by atoms with Crippen molar-refractivity contribution in [3.63, 3.8) is 0 Å². The van der Waals surface area contributed by atoms with Gasteiger partial charge in [-0.3, -0.25) is 9.59 Å². The van der Waals surface area contributed by atoms with Crippen LogP contribution in [0.1, 0.15) is 5.56 Å². The lowest BCUT2D eigenvalue weighted by Gasteiger charge is -2.18. The maximum Gasteiger partial charge on any atom is 0.244 e. The topological polar surface area (TPSA) is 58.6 Å². The maximum absolute atomic E-state index is 12.3. The van der Waals surface area contributed by atoms with Crippen molar-refractivity contribution in [2.45, 2.75) is 6.42 Å². The van der Waals surface area contributed by atoms with E-state index in [2.05, 4.69) is 5.32 Å². The predicted molar refractivity (Wildman–Crippen MR) is 99.4 cm³/mol. The molecular formula is C18H18Cl2N2O3. The van der Waals surface area contributed by atoms with Crippen molar-refractivity contribution < 1.29 is 14.3 Å². The molecule has 0 spiro atoms. The lowest BCUT2D eigenvalue weighted by Crippen LogP contribution is -2.35. The second-order valence-electron chi connectivity index (χ2n) is 5.41. The standard InChI is InChI=1S/C18H18Cl2N2O3/c1-22(18(24)9-12-5-3-4-6-14(12)20)11-17(23)21-15-10-13(19)7-8-16(15)25-2/h3-8,10H,9,11H2,1-2H3,(H,21,23). The number of likely N-dealkylation sites (N-methyl/N-ethyl adjacent to an activating group) is 1. The molecule has 0 heterocycles. The molecule has 0 aliphatic heterocycles. The Morgan fingerprint density at radius 2 is 1.88 bits per heavy atom. The zero-order valence-electron chi connectivity index (χ0n) is 13.9. The number of carbonyl (C=O) groups is 2. The van der Waals surface area contributed by atoms with E-state index in [0.29, 0.717) is 21.5 Å². The molecule has 2 amide bonds. The van der Waals surface area contributed by atoms with E-state index in [-0.39, 0.29) is 24.8 Å². The summed E-state index contributed by atoms with van der Waals surface area (Å²) >= 11 is 12.0. The van der Waals surface area contributed by atoms with Crippen LogP contribution in [0.3, 0.4) is 0 Å². The van der Waals surface area contributed by atoms with E-state index >= 15 is 0 Å². The molecule has 5 nitrogen and oxygen atoms in total. The minimum absolute atomic E-state index is 0.0983. The van der Waals surface area contributed by atoms with E-state index < -0.39 is 0 Å². The monoisotopic (exact) mass is 380 g/mol. The Morgan fingerprint density at radius 3 is 2.56 bits per heavy atom. The van der Waals surface area contributed by atoms with Crippen LogP contribution in [-0.2, 0) is 16.0 Å². The molecule has 1 N–H and O–H groups in total. The molecule has 0 aromatic heterocycles. The molecule has 2 aromatic rings. The summed E-state index contributed by atoms with van der Waals surface area (Å²) in [6.45, 7) is -0.0983. The largest absolute Gasteiger partial charge is 0.495 e. The summed E-state index contributed by atoms with van der Waals surface area (Å²) in [6, 6.07) is 12.0. The Bertz CT molecular complexity index is 781. The molecule has 0 bridgehead atoms.